The molecule has 0 aliphatic carbocycles. The van der Waals surface area contributed by atoms with Crippen molar-refractivity contribution in [3.05, 3.63) is 60.2 Å². The van der Waals surface area contributed by atoms with Gasteiger partial charge in [-0.25, -0.2) is 5.01 Å². The number of hydrazine groups is 1. The van der Waals surface area contributed by atoms with Gasteiger partial charge in [0.05, 0.1) is 0 Å². The summed E-state index contributed by atoms with van der Waals surface area (Å²) in [5.41, 5.74) is 6.34. The Morgan fingerprint density at radius 1 is 0.950 bits per heavy atom. The summed E-state index contributed by atoms with van der Waals surface area (Å²) in [5.74, 6) is 0.0436. The highest BCUT2D eigenvalue weighted by Gasteiger charge is 2.03. The molecule has 20 heavy (non-hydrogen) atoms. The van der Waals surface area contributed by atoms with E-state index in [4.69, 9.17) is 0 Å². The number of nitrogens with one attached hydrogen (secondary N) is 1. The molecule has 0 bridgehead atoms. The van der Waals surface area contributed by atoms with Crippen LogP contribution in [0.15, 0.2) is 54.6 Å². The molecule has 104 valence electrons. The van der Waals surface area contributed by atoms with Crippen LogP contribution in [0.3, 0.4) is 0 Å². The van der Waals surface area contributed by atoms with Gasteiger partial charge in [0.2, 0.25) is 5.91 Å². The molecule has 0 aliphatic rings. The monoisotopic (exact) mass is 268 g/mol. The van der Waals surface area contributed by atoms with Crippen molar-refractivity contribution in [3.8, 4) is 11.1 Å². The Bertz CT molecular complexity index is 547. The Kier molecular flexibility index (Phi) is 4.91. The van der Waals surface area contributed by atoms with Crippen LogP contribution in [0.5, 0.6) is 0 Å². The first-order valence-corrected chi connectivity index (χ1v) is 6.76. The van der Waals surface area contributed by atoms with Gasteiger partial charge in [-0.15, -0.1) is 0 Å². The van der Waals surface area contributed by atoms with Gasteiger partial charge in [-0.05, 0) is 23.1 Å². The van der Waals surface area contributed by atoms with E-state index in [9.17, 15) is 4.79 Å². The third kappa shape index (κ3) is 4.21. The molecule has 2 aromatic carbocycles. The number of hydrogen-bond acceptors (Lipinski definition) is 2. The molecule has 0 radical (unpaired) electrons. The fourth-order valence-electron chi connectivity index (χ4n) is 2.06. The van der Waals surface area contributed by atoms with E-state index in [1.165, 1.54) is 16.7 Å². The van der Waals surface area contributed by atoms with E-state index in [2.05, 4.69) is 41.8 Å². The molecule has 1 amide bonds. The second kappa shape index (κ2) is 6.87. The van der Waals surface area contributed by atoms with Gasteiger partial charge >= 0.3 is 0 Å². The summed E-state index contributed by atoms with van der Waals surface area (Å²) in [7, 11) is 3.62. The zero-order chi connectivity index (χ0) is 14.4. The number of carbonyl (C=O) groups excluding carboxylic acids is 1. The fourth-order valence-corrected chi connectivity index (χ4v) is 2.06. The van der Waals surface area contributed by atoms with E-state index in [0.717, 1.165) is 6.42 Å². The second-order valence-corrected chi connectivity index (χ2v) is 4.99. The zero-order valence-electron chi connectivity index (χ0n) is 12.0. The van der Waals surface area contributed by atoms with E-state index < -0.39 is 0 Å². The summed E-state index contributed by atoms with van der Waals surface area (Å²) < 4.78 is 0. The van der Waals surface area contributed by atoms with E-state index in [1.54, 1.807) is 5.01 Å². The molecule has 0 spiro atoms. The standard InChI is InChI=1S/C17H20N2O/c1-19(2)18-17(20)13-10-14-8-11-16(12-9-14)15-6-4-3-5-7-15/h3-9,11-12H,10,13H2,1-2H3,(H,18,20). The number of aryl methyl sites for hydroxylation is 1. The largest absolute Gasteiger partial charge is 0.289 e. The van der Waals surface area contributed by atoms with E-state index in [-0.39, 0.29) is 5.91 Å². The van der Waals surface area contributed by atoms with Crippen LogP contribution >= 0.6 is 0 Å². The van der Waals surface area contributed by atoms with Crippen molar-refractivity contribution in [2.75, 3.05) is 14.1 Å². The highest BCUT2D eigenvalue weighted by molar-refractivity contribution is 5.75. The first-order valence-electron chi connectivity index (χ1n) is 6.76. The molecule has 0 saturated carbocycles. The Morgan fingerprint density at radius 2 is 1.55 bits per heavy atom. The summed E-state index contributed by atoms with van der Waals surface area (Å²) in [6.07, 6.45) is 1.26. The number of benzene rings is 2. The Balaban J connectivity index is 1.94. The lowest BCUT2D eigenvalue weighted by Gasteiger charge is -2.11. The number of nitrogens with zero attached hydrogens (tertiary/aromatic N) is 1. The van der Waals surface area contributed by atoms with Gasteiger partial charge in [-0.1, -0.05) is 54.6 Å². The van der Waals surface area contributed by atoms with Gasteiger partial charge in [-0.3, -0.25) is 10.2 Å². The minimum absolute atomic E-state index is 0.0436. The molecule has 1 N–H and O–H groups in total. The van der Waals surface area contributed by atoms with Crippen LogP contribution in [-0.2, 0) is 11.2 Å². The third-order valence-corrected chi connectivity index (χ3v) is 3.05. The van der Waals surface area contributed by atoms with Crippen molar-refractivity contribution in [3.63, 3.8) is 0 Å². The fraction of sp³-hybridized carbons (Fsp3) is 0.235. The van der Waals surface area contributed by atoms with E-state index in [0.29, 0.717) is 6.42 Å². The number of rotatable bonds is 5. The second-order valence-electron chi connectivity index (χ2n) is 4.99. The molecule has 0 atom stereocenters. The SMILES string of the molecule is CN(C)NC(=O)CCc1ccc(-c2ccccc2)cc1. The van der Waals surface area contributed by atoms with Gasteiger partial charge in [0.15, 0.2) is 0 Å². The van der Waals surface area contributed by atoms with Crippen LogP contribution in [0.1, 0.15) is 12.0 Å². The lowest BCUT2D eigenvalue weighted by Crippen LogP contribution is -2.36. The molecule has 3 nitrogen and oxygen atoms in total. The van der Waals surface area contributed by atoms with Gasteiger partial charge < -0.3 is 0 Å². The average Bonchev–Trinajstić information content (AvgIpc) is 2.46. The van der Waals surface area contributed by atoms with Crippen molar-refractivity contribution in [2.24, 2.45) is 0 Å². The summed E-state index contributed by atoms with van der Waals surface area (Å²) in [6.45, 7) is 0. The Hall–Kier alpha value is -2.13. The lowest BCUT2D eigenvalue weighted by molar-refractivity contribution is -0.124. The highest BCUT2D eigenvalue weighted by atomic mass is 16.2. The molecule has 0 aliphatic heterocycles. The average molecular weight is 268 g/mol. The first kappa shape index (κ1) is 14.3. The van der Waals surface area contributed by atoms with Crippen LogP contribution < -0.4 is 5.43 Å². The van der Waals surface area contributed by atoms with Crippen molar-refractivity contribution in [2.45, 2.75) is 12.8 Å². The Morgan fingerprint density at radius 3 is 2.15 bits per heavy atom. The van der Waals surface area contributed by atoms with Crippen LogP contribution in [0.25, 0.3) is 11.1 Å². The van der Waals surface area contributed by atoms with Crippen LogP contribution in [0.4, 0.5) is 0 Å². The normalized spacial score (nSPS) is 10.6. The molecule has 0 saturated heterocycles. The van der Waals surface area contributed by atoms with Gasteiger partial charge in [-0.2, -0.15) is 0 Å². The summed E-state index contributed by atoms with van der Waals surface area (Å²) >= 11 is 0. The molecular formula is C17H20N2O. The minimum Gasteiger partial charge on any atom is -0.289 e. The summed E-state index contributed by atoms with van der Waals surface area (Å²) in [5, 5.41) is 1.67. The predicted molar refractivity (Wildman–Crippen MR) is 82.0 cm³/mol. The van der Waals surface area contributed by atoms with Crippen molar-refractivity contribution in [1.82, 2.24) is 10.4 Å². The molecule has 0 fully saturated rings. The predicted octanol–water partition coefficient (Wildman–Crippen LogP) is 2.88. The first-order chi connectivity index (χ1) is 9.65. The maximum absolute atomic E-state index is 11.6. The highest BCUT2D eigenvalue weighted by Crippen LogP contribution is 2.19. The summed E-state index contributed by atoms with van der Waals surface area (Å²) in [6, 6.07) is 18.7. The lowest BCUT2D eigenvalue weighted by atomic mass is 10.0. The van der Waals surface area contributed by atoms with Gasteiger partial charge in [0.25, 0.3) is 0 Å². The van der Waals surface area contributed by atoms with Crippen molar-refractivity contribution in [1.29, 1.82) is 0 Å². The van der Waals surface area contributed by atoms with E-state index >= 15 is 0 Å². The van der Waals surface area contributed by atoms with Crippen LogP contribution in [-0.4, -0.2) is 25.0 Å². The molecule has 0 unspecified atom stereocenters. The molecule has 2 aromatic rings. The molecule has 0 heterocycles. The quantitative estimate of drug-likeness (QED) is 0.846. The smallest absolute Gasteiger partial charge is 0.234 e. The maximum atomic E-state index is 11.6. The van der Waals surface area contributed by atoms with Crippen LogP contribution in [0, 0.1) is 0 Å². The minimum atomic E-state index is 0.0436. The zero-order valence-corrected chi connectivity index (χ0v) is 12.0. The number of hydrogen-bond donors (Lipinski definition) is 1. The van der Waals surface area contributed by atoms with Gasteiger partial charge in [0.1, 0.15) is 0 Å². The maximum Gasteiger partial charge on any atom is 0.234 e. The summed E-state index contributed by atoms with van der Waals surface area (Å²) in [4.78, 5) is 11.6. The molecule has 0 aromatic heterocycles. The molecular weight excluding hydrogens is 248 g/mol. The third-order valence-electron chi connectivity index (χ3n) is 3.05. The number of carbonyl (C=O) groups is 1. The molecule has 3 heteroatoms. The van der Waals surface area contributed by atoms with Crippen LogP contribution in [0.2, 0.25) is 0 Å². The van der Waals surface area contributed by atoms with Crippen molar-refractivity contribution >= 4 is 5.91 Å². The van der Waals surface area contributed by atoms with E-state index in [1.807, 2.05) is 32.3 Å². The molecule has 2 rings (SSSR count). The Labute approximate surface area is 120 Å². The topological polar surface area (TPSA) is 32.3 Å². The van der Waals surface area contributed by atoms with Crippen molar-refractivity contribution < 1.29 is 4.79 Å². The van der Waals surface area contributed by atoms with Gasteiger partial charge in [0, 0.05) is 20.5 Å². The number of amides is 1.